The van der Waals surface area contributed by atoms with E-state index in [1.807, 2.05) is 25.1 Å². The first-order valence-corrected chi connectivity index (χ1v) is 6.76. The van der Waals surface area contributed by atoms with E-state index in [4.69, 9.17) is 27.9 Å². The molecule has 0 aromatic heterocycles. The van der Waals surface area contributed by atoms with Gasteiger partial charge in [-0.3, -0.25) is 4.79 Å². The van der Waals surface area contributed by atoms with Crippen molar-refractivity contribution < 1.29 is 9.53 Å². The molecule has 3 nitrogen and oxygen atoms in total. The standard InChI is InChI=1S/C15H13Cl2NO2/c1-10-7-8-12(16)15(14(10)17)18-13(19)9-20-11-5-3-2-4-6-11/h2-8H,9H2,1H3,(H,18,19). The van der Waals surface area contributed by atoms with Crippen LogP contribution in [0.2, 0.25) is 10.0 Å². The van der Waals surface area contributed by atoms with Crippen LogP contribution < -0.4 is 10.1 Å². The quantitative estimate of drug-likeness (QED) is 0.913. The highest BCUT2D eigenvalue weighted by Crippen LogP contribution is 2.32. The molecule has 0 fully saturated rings. The summed E-state index contributed by atoms with van der Waals surface area (Å²) in [5.41, 5.74) is 1.25. The molecule has 0 spiro atoms. The van der Waals surface area contributed by atoms with Crippen molar-refractivity contribution in [1.82, 2.24) is 0 Å². The average molecular weight is 310 g/mol. The van der Waals surface area contributed by atoms with Crippen LogP contribution in [-0.4, -0.2) is 12.5 Å². The normalized spacial score (nSPS) is 10.2. The number of benzene rings is 2. The highest BCUT2D eigenvalue weighted by molar-refractivity contribution is 6.40. The SMILES string of the molecule is Cc1ccc(Cl)c(NC(=O)COc2ccccc2)c1Cl. The van der Waals surface area contributed by atoms with Crippen molar-refractivity contribution in [3.05, 3.63) is 58.1 Å². The van der Waals surface area contributed by atoms with Gasteiger partial charge in [0.25, 0.3) is 5.91 Å². The van der Waals surface area contributed by atoms with Crippen molar-refractivity contribution in [2.75, 3.05) is 11.9 Å². The van der Waals surface area contributed by atoms with Crippen LogP contribution in [0.15, 0.2) is 42.5 Å². The number of carbonyl (C=O) groups excluding carboxylic acids is 1. The summed E-state index contributed by atoms with van der Waals surface area (Å²) in [5.74, 6) is 0.312. The van der Waals surface area contributed by atoms with Crippen molar-refractivity contribution in [3.8, 4) is 5.75 Å². The zero-order chi connectivity index (χ0) is 14.5. The summed E-state index contributed by atoms with van der Waals surface area (Å²) in [6.45, 7) is 1.74. The van der Waals surface area contributed by atoms with Gasteiger partial charge in [-0.1, -0.05) is 47.5 Å². The van der Waals surface area contributed by atoms with Gasteiger partial charge < -0.3 is 10.1 Å². The average Bonchev–Trinajstić information content (AvgIpc) is 2.46. The minimum Gasteiger partial charge on any atom is -0.484 e. The van der Waals surface area contributed by atoms with Gasteiger partial charge in [-0.15, -0.1) is 0 Å². The van der Waals surface area contributed by atoms with E-state index in [9.17, 15) is 4.79 Å². The van der Waals surface area contributed by atoms with Crippen LogP contribution in [0.1, 0.15) is 5.56 Å². The van der Waals surface area contributed by atoms with E-state index in [0.29, 0.717) is 21.5 Å². The van der Waals surface area contributed by atoms with Gasteiger partial charge in [0.15, 0.2) is 6.61 Å². The Bertz CT molecular complexity index is 615. The Morgan fingerprint density at radius 1 is 1.15 bits per heavy atom. The Morgan fingerprint density at radius 2 is 1.85 bits per heavy atom. The lowest BCUT2D eigenvalue weighted by molar-refractivity contribution is -0.118. The maximum absolute atomic E-state index is 11.8. The monoisotopic (exact) mass is 309 g/mol. The fraction of sp³-hybridized carbons (Fsp3) is 0.133. The largest absolute Gasteiger partial charge is 0.484 e. The predicted molar refractivity (Wildman–Crippen MR) is 81.8 cm³/mol. The lowest BCUT2D eigenvalue weighted by Gasteiger charge is -2.11. The van der Waals surface area contributed by atoms with E-state index in [-0.39, 0.29) is 12.5 Å². The smallest absolute Gasteiger partial charge is 0.262 e. The minimum absolute atomic E-state index is 0.107. The number of rotatable bonds is 4. The third-order valence-electron chi connectivity index (χ3n) is 2.66. The second-order valence-electron chi connectivity index (χ2n) is 4.20. The molecule has 0 radical (unpaired) electrons. The molecule has 5 heteroatoms. The van der Waals surface area contributed by atoms with Gasteiger partial charge in [-0.2, -0.15) is 0 Å². The molecule has 0 aliphatic rings. The molecule has 0 bridgehead atoms. The van der Waals surface area contributed by atoms with E-state index in [1.165, 1.54) is 0 Å². The molecule has 0 unspecified atom stereocenters. The number of amides is 1. The Balaban J connectivity index is 2.00. The molecule has 2 aromatic carbocycles. The molecular weight excluding hydrogens is 297 g/mol. The first-order chi connectivity index (χ1) is 9.58. The number of halogens is 2. The summed E-state index contributed by atoms with van der Waals surface area (Å²) in [6, 6.07) is 12.6. The molecular formula is C15H13Cl2NO2. The Kier molecular flexibility index (Phi) is 4.88. The molecule has 0 saturated carbocycles. The van der Waals surface area contributed by atoms with Crippen LogP contribution in [0.25, 0.3) is 0 Å². The molecule has 0 atom stereocenters. The molecule has 2 rings (SSSR count). The number of anilines is 1. The van der Waals surface area contributed by atoms with Crippen LogP contribution >= 0.6 is 23.2 Å². The number of hydrogen-bond donors (Lipinski definition) is 1. The van der Waals surface area contributed by atoms with Gasteiger partial charge in [0.2, 0.25) is 0 Å². The minimum atomic E-state index is -0.316. The van der Waals surface area contributed by atoms with E-state index in [1.54, 1.807) is 24.3 Å². The first kappa shape index (κ1) is 14.7. The lowest BCUT2D eigenvalue weighted by Crippen LogP contribution is -2.20. The molecule has 0 heterocycles. The van der Waals surface area contributed by atoms with Crippen LogP contribution in [0.3, 0.4) is 0 Å². The number of para-hydroxylation sites is 1. The van der Waals surface area contributed by atoms with Crippen LogP contribution in [0.5, 0.6) is 5.75 Å². The fourth-order valence-corrected chi connectivity index (χ4v) is 2.08. The summed E-state index contributed by atoms with van der Waals surface area (Å²) in [6.07, 6.45) is 0. The molecule has 1 N–H and O–H groups in total. The van der Waals surface area contributed by atoms with Gasteiger partial charge in [-0.05, 0) is 30.7 Å². The molecule has 20 heavy (non-hydrogen) atoms. The van der Waals surface area contributed by atoms with Crippen LogP contribution in [0.4, 0.5) is 5.69 Å². The zero-order valence-electron chi connectivity index (χ0n) is 10.8. The molecule has 1 amide bonds. The maximum Gasteiger partial charge on any atom is 0.262 e. The van der Waals surface area contributed by atoms with Gasteiger partial charge >= 0.3 is 0 Å². The predicted octanol–water partition coefficient (Wildman–Crippen LogP) is 4.32. The summed E-state index contributed by atoms with van der Waals surface area (Å²) in [4.78, 5) is 11.8. The molecule has 2 aromatic rings. The van der Waals surface area contributed by atoms with Crippen molar-refractivity contribution in [1.29, 1.82) is 0 Å². The number of hydrogen-bond acceptors (Lipinski definition) is 2. The Morgan fingerprint density at radius 3 is 2.55 bits per heavy atom. The number of carbonyl (C=O) groups is 1. The molecule has 0 saturated heterocycles. The highest BCUT2D eigenvalue weighted by atomic mass is 35.5. The van der Waals surface area contributed by atoms with E-state index in [2.05, 4.69) is 5.32 Å². The van der Waals surface area contributed by atoms with Crippen molar-refractivity contribution in [3.63, 3.8) is 0 Å². The van der Waals surface area contributed by atoms with E-state index >= 15 is 0 Å². The third-order valence-corrected chi connectivity index (χ3v) is 3.46. The zero-order valence-corrected chi connectivity index (χ0v) is 12.3. The second-order valence-corrected chi connectivity index (χ2v) is 4.99. The topological polar surface area (TPSA) is 38.3 Å². The van der Waals surface area contributed by atoms with Crippen LogP contribution in [-0.2, 0) is 4.79 Å². The van der Waals surface area contributed by atoms with Crippen molar-refractivity contribution >= 4 is 34.8 Å². The highest BCUT2D eigenvalue weighted by Gasteiger charge is 2.12. The first-order valence-electron chi connectivity index (χ1n) is 6.00. The third kappa shape index (κ3) is 3.65. The lowest BCUT2D eigenvalue weighted by atomic mass is 10.2. The van der Waals surface area contributed by atoms with E-state index < -0.39 is 0 Å². The number of ether oxygens (including phenoxy) is 1. The maximum atomic E-state index is 11.8. The molecule has 0 aliphatic heterocycles. The summed E-state index contributed by atoms with van der Waals surface area (Å²) in [7, 11) is 0. The van der Waals surface area contributed by atoms with Crippen molar-refractivity contribution in [2.45, 2.75) is 6.92 Å². The van der Waals surface area contributed by atoms with Gasteiger partial charge in [0, 0.05) is 0 Å². The number of aryl methyl sites for hydroxylation is 1. The summed E-state index contributed by atoms with van der Waals surface area (Å²) >= 11 is 12.1. The fourth-order valence-electron chi connectivity index (χ4n) is 1.61. The molecule has 104 valence electrons. The second kappa shape index (κ2) is 6.64. The van der Waals surface area contributed by atoms with Crippen LogP contribution in [0, 0.1) is 6.92 Å². The number of nitrogens with one attached hydrogen (secondary N) is 1. The van der Waals surface area contributed by atoms with Gasteiger partial charge in [0.1, 0.15) is 5.75 Å². The Labute approximate surface area is 127 Å². The Hall–Kier alpha value is -1.71. The summed E-state index contributed by atoms with van der Waals surface area (Å²) < 4.78 is 5.35. The summed E-state index contributed by atoms with van der Waals surface area (Å²) in [5, 5.41) is 3.49. The van der Waals surface area contributed by atoms with Gasteiger partial charge in [0.05, 0.1) is 15.7 Å². The van der Waals surface area contributed by atoms with E-state index in [0.717, 1.165) is 5.56 Å². The van der Waals surface area contributed by atoms with Crippen molar-refractivity contribution in [2.24, 2.45) is 0 Å². The molecule has 0 aliphatic carbocycles. The van der Waals surface area contributed by atoms with Gasteiger partial charge in [-0.25, -0.2) is 0 Å².